The summed E-state index contributed by atoms with van der Waals surface area (Å²) >= 11 is 0. The van der Waals surface area contributed by atoms with Crippen molar-refractivity contribution >= 4 is 7.69 Å². The molecule has 6 nitrogen and oxygen atoms in total. The lowest BCUT2D eigenvalue weighted by molar-refractivity contribution is 0.352. The van der Waals surface area contributed by atoms with E-state index in [1.54, 1.807) is 0 Å². The molecular weight excluding hydrogens is 285 g/mol. The molecule has 21 heavy (non-hydrogen) atoms. The van der Waals surface area contributed by atoms with E-state index in [-0.39, 0.29) is 30.9 Å². The maximum absolute atomic E-state index is 13.1. The fraction of sp³-hybridized carbons (Fsp3) is 0.167. The van der Waals surface area contributed by atoms with Crippen molar-refractivity contribution in [1.82, 2.24) is 9.97 Å². The van der Waals surface area contributed by atoms with Crippen LogP contribution in [-0.4, -0.2) is 31.9 Å². The van der Waals surface area contributed by atoms with Gasteiger partial charge in [-0.1, -0.05) is 0 Å². The SMILES string of the molecule is COc1ncc(F)cc1OBOc1cc(F)cnc1OC. The van der Waals surface area contributed by atoms with Crippen LogP contribution in [0, 0.1) is 11.6 Å². The van der Waals surface area contributed by atoms with E-state index >= 15 is 0 Å². The molecule has 0 bridgehead atoms. The van der Waals surface area contributed by atoms with E-state index in [1.165, 1.54) is 14.2 Å². The van der Waals surface area contributed by atoms with Crippen LogP contribution in [0.15, 0.2) is 24.5 Å². The Labute approximate surface area is 120 Å². The van der Waals surface area contributed by atoms with Gasteiger partial charge in [-0.2, -0.15) is 0 Å². The standard InChI is InChI=1S/C12H11BF2N2O4/c1-18-11-9(3-7(14)5-16-11)20-13-21-10-4-8(15)6-17-12(10)19-2/h3-6,13H,1-2H3. The first-order valence-corrected chi connectivity index (χ1v) is 5.78. The smallest absolute Gasteiger partial charge is 0.525 e. The van der Waals surface area contributed by atoms with Crippen molar-refractivity contribution in [3.63, 3.8) is 0 Å². The van der Waals surface area contributed by atoms with E-state index in [0.29, 0.717) is 0 Å². The molecular formula is C12H11BF2N2O4. The Kier molecular flexibility index (Phi) is 4.75. The fourth-order valence-electron chi connectivity index (χ4n) is 1.49. The number of halogens is 2. The number of aromatic nitrogens is 2. The van der Waals surface area contributed by atoms with Crippen LogP contribution >= 0.6 is 0 Å². The third kappa shape index (κ3) is 3.71. The number of ether oxygens (including phenoxy) is 2. The fourth-order valence-corrected chi connectivity index (χ4v) is 1.49. The minimum atomic E-state index is -0.587. The predicted octanol–water partition coefficient (Wildman–Crippen LogP) is 1.50. The zero-order chi connectivity index (χ0) is 15.2. The molecule has 0 atom stereocenters. The molecule has 0 amide bonds. The van der Waals surface area contributed by atoms with E-state index in [0.717, 1.165) is 24.5 Å². The van der Waals surface area contributed by atoms with Crippen LogP contribution in [0.3, 0.4) is 0 Å². The Morgan fingerprint density at radius 3 is 1.67 bits per heavy atom. The van der Waals surface area contributed by atoms with Crippen LogP contribution in [0.4, 0.5) is 8.78 Å². The number of hydrogen-bond donors (Lipinski definition) is 0. The van der Waals surface area contributed by atoms with E-state index < -0.39 is 11.6 Å². The zero-order valence-electron chi connectivity index (χ0n) is 11.3. The van der Waals surface area contributed by atoms with Gasteiger partial charge in [-0.15, -0.1) is 0 Å². The summed E-state index contributed by atoms with van der Waals surface area (Å²) in [6.07, 6.45) is 1.98. The minimum absolute atomic E-state index is 0.0563. The van der Waals surface area contributed by atoms with Crippen LogP contribution in [-0.2, 0) is 0 Å². The highest BCUT2D eigenvalue weighted by molar-refractivity contribution is 6.21. The normalized spacial score (nSPS) is 9.90. The topological polar surface area (TPSA) is 62.7 Å². The molecule has 0 aliphatic heterocycles. The molecule has 0 fully saturated rings. The van der Waals surface area contributed by atoms with Crippen molar-refractivity contribution in [2.45, 2.75) is 0 Å². The van der Waals surface area contributed by atoms with E-state index in [9.17, 15) is 8.78 Å². The first-order chi connectivity index (χ1) is 10.1. The molecule has 2 rings (SSSR count). The zero-order valence-corrected chi connectivity index (χ0v) is 11.3. The largest absolute Gasteiger partial charge is 0.576 e. The van der Waals surface area contributed by atoms with Gasteiger partial charge in [-0.3, -0.25) is 0 Å². The maximum Gasteiger partial charge on any atom is 0.576 e. The summed E-state index contributed by atoms with van der Waals surface area (Å²) < 4.78 is 46.4. The monoisotopic (exact) mass is 296 g/mol. The van der Waals surface area contributed by atoms with Crippen molar-refractivity contribution in [3.05, 3.63) is 36.2 Å². The predicted molar refractivity (Wildman–Crippen MR) is 69.9 cm³/mol. The van der Waals surface area contributed by atoms with Crippen LogP contribution in [0.2, 0.25) is 0 Å². The molecule has 9 heteroatoms. The molecule has 0 unspecified atom stereocenters. The van der Waals surface area contributed by atoms with Crippen molar-refractivity contribution in [1.29, 1.82) is 0 Å². The van der Waals surface area contributed by atoms with Crippen LogP contribution < -0.4 is 18.8 Å². The van der Waals surface area contributed by atoms with Gasteiger partial charge in [0.1, 0.15) is 11.6 Å². The highest BCUT2D eigenvalue weighted by Crippen LogP contribution is 2.26. The molecule has 0 saturated heterocycles. The second kappa shape index (κ2) is 6.73. The van der Waals surface area contributed by atoms with E-state index in [4.69, 9.17) is 18.8 Å². The van der Waals surface area contributed by atoms with Gasteiger partial charge in [-0.05, 0) is 0 Å². The van der Waals surface area contributed by atoms with Crippen LogP contribution in [0.5, 0.6) is 23.3 Å². The van der Waals surface area contributed by atoms with Crippen molar-refractivity contribution in [3.8, 4) is 23.3 Å². The molecule has 0 saturated carbocycles. The summed E-state index contributed by atoms with van der Waals surface area (Å²) in [7, 11) is 2.41. The number of hydrogen-bond acceptors (Lipinski definition) is 6. The summed E-state index contributed by atoms with van der Waals surface area (Å²) in [5.41, 5.74) is 0. The second-order valence-corrected chi connectivity index (χ2v) is 3.73. The highest BCUT2D eigenvalue weighted by Gasteiger charge is 2.12. The summed E-state index contributed by atoms with van der Waals surface area (Å²) in [5.74, 6) is -0.859. The van der Waals surface area contributed by atoms with Gasteiger partial charge in [0.05, 0.1) is 26.6 Å². The van der Waals surface area contributed by atoms with Gasteiger partial charge in [-0.25, -0.2) is 18.7 Å². The molecule has 110 valence electrons. The lowest BCUT2D eigenvalue weighted by Gasteiger charge is -2.11. The summed E-state index contributed by atoms with van der Waals surface area (Å²) in [4.78, 5) is 7.39. The maximum atomic E-state index is 13.1. The Balaban J connectivity index is 2.05. The number of pyridine rings is 2. The van der Waals surface area contributed by atoms with E-state index in [2.05, 4.69) is 9.97 Å². The molecule has 0 N–H and O–H groups in total. The molecule has 2 aromatic rings. The molecule has 0 aromatic carbocycles. The summed E-state index contributed by atoms with van der Waals surface area (Å²) in [5, 5.41) is 0. The first kappa shape index (κ1) is 14.8. The minimum Gasteiger partial charge on any atom is -0.525 e. The van der Waals surface area contributed by atoms with Gasteiger partial charge in [0.2, 0.25) is 0 Å². The number of rotatable bonds is 6. The second-order valence-electron chi connectivity index (χ2n) is 3.73. The van der Waals surface area contributed by atoms with Gasteiger partial charge in [0.15, 0.2) is 11.5 Å². The Morgan fingerprint density at radius 1 is 0.857 bits per heavy atom. The third-order valence-corrected chi connectivity index (χ3v) is 2.39. The quantitative estimate of drug-likeness (QED) is 0.753. The summed E-state index contributed by atoms with van der Waals surface area (Å²) in [6, 6.07) is 2.19. The van der Waals surface area contributed by atoms with Gasteiger partial charge < -0.3 is 18.8 Å². The average molecular weight is 296 g/mol. The van der Waals surface area contributed by atoms with Gasteiger partial charge >= 0.3 is 7.69 Å². The average Bonchev–Trinajstić information content (AvgIpc) is 2.48. The molecule has 2 aromatic heterocycles. The van der Waals surface area contributed by atoms with Crippen molar-refractivity contribution < 1.29 is 27.6 Å². The van der Waals surface area contributed by atoms with Crippen LogP contribution in [0.25, 0.3) is 0 Å². The molecule has 2 heterocycles. The van der Waals surface area contributed by atoms with E-state index in [1.807, 2.05) is 0 Å². The Morgan fingerprint density at radius 2 is 1.29 bits per heavy atom. The molecule has 0 aliphatic carbocycles. The lowest BCUT2D eigenvalue weighted by Crippen LogP contribution is -2.13. The van der Waals surface area contributed by atoms with Gasteiger partial charge in [0, 0.05) is 12.1 Å². The first-order valence-electron chi connectivity index (χ1n) is 5.78. The number of methoxy groups -OCH3 is 2. The molecule has 0 radical (unpaired) electrons. The number of nitrogens with zero attached hydrogens (tertiary/aromatic N) is 2. The van der Waals surface area contributed by atoms with Crippen molar-refractivity contribution in [2.75, 3.05) is 14.2 Å². The highest BCUT2D eigenvalue weighted by atomic mass is 19.1. The Hall–Kier alpha value is -2.58. The Bertz CT molecular complexity index is 577. The van der Waals surface area contributed by atoms with Crippen LogP contribution in [0.1, 0.15) is 0 Å². The lowest BCUT2D eigenvalue weighted by atomic mass is 10.3. The summed E-state index contributed by atoms with van der Waals surface area (Å²) in [6.45, 7) is 0. The van der Waals surface area contributed by atoms with Gasteiger partial charge in [0.25, 0.3) is 11.8 Å². The molecule has 0 aliphatic rings. The third-order valence-electron chi connectivity index (χ3n) is 2.39. The van der Waals surface area contributed by atoms with Crippen molar-refractivity contribution in [2.24, 2.45) is 0 Å². The molecule has 0 spiro atoms.